The second-order valence-electron chi connectivity index (χ2n) is 4.81. The van der Waals surface area contributed by atoms with E-state index in [1.165, 1.54) is 5.56 Å². The summed E-state index contributed by atoms with van der Waals surface area (Å²) in [5.74, 6) is -0.0650. The number of rotatable bonds is 4. The summed E-state index contributed by atoms with van der Waals surface area (Å²) >= 11 is 5.08. The minimum absolute atomic E-state index is 0.0650. The highest BCUT2D eigenvalue weighted by molar-refractivity contribution is 9.11. The van der Waals surface area contributed by atoms with Crippen LogP contribution in [-0.4, -0.2) is 11.7 Å². The number of nitrogens with two attached hydrogens (primary N) is 1. The molecule has 2 atom stereocenters. The number of aliphatic hydroxyl groups excluding tert-OH is 1. The molecule has 0 aliphatic rings. The second kappa shape index (κ2) is 6.18. The molecule has 102 valence electrons. The molecule has 2 rings (SSSR count). The molecule has 1 aromatic carbocycles. The van der Waals surface area contributed by atoms with E-state index in [-0.39, 0.29) is 5.92 Å². The van der Waals surface area contributed by atoms with Gasteiger partial charge in [-0.25, -0.2) is 0 Å². The lowest BCUT2D eigenvalue weighted by Gasteiger charge is -2.21. The van der Waals surface area contributed by atoms with Gasteiger partial charge in [-0.2, -0.15) is 0 Å². The molecule has 3 N–H and O–H groups in total. The van der Waals surface area contributed by atoms with Crippen molar-refractivity contribution in [2.75, 3.05) is 6.54 Å². The number of thiophene rings is 1. The third kappa shape index (κ3) is 3.26. The molecule has 0 radical (unpaired) electrons. The summed E-state index contributed by atoms with van der Waals surface area (Å²) in [6.45, 7) is 4.51. The van der Waals surface area contributed by atoms with E-state index in [1.54, 1.807) is 11.3 Å². The molecule has 0 saturated carbocycles. The van der Waals surface area contributed by atoms with Gasteiger partial charge in [0, 0.05) is 17.3 Å². The number of hydrogen-bond acceptors (Lipinski definition) is 3. The zero-order chi connectivity index (χ0) is 14.0. The molecule has 0 aliphatic carbocycles. The first-order valence-electron chi connectivity index (χ1n) is 6.23. The Balaban J connectivity index is 2.31. The Morgan fingerprint density at radius 2 is 2.05 bits per heavy atom. The van der Waals surface area contributed by atoms with Gasteiger partial charge in [-0.3, -0.25) is 0 Å². The summed E-state index contributed by atoms with van der Waals surface area (Å²) in [5, 5.41) is 10.6. The second-order valence-corrected chi connectivity index (χ2v) is 7.21. The Bertz CT molecular complexity index is 548. The first-order chi connectivity index (χ1) is 9.02. The van der Waals surface area contributed by atoms with Crippen molar-refractivity contribution in [2.45, 2.75) is 25.9 Å². The number of aliphatic hydroxyl groups is 1. The first kappa shape index (κ1) is 14.7. The maximum atomic E-state index is 10.6. The van der Waals surface area contributed by atoms with Gasteiger partial charge in [-0.05, 0) is 47.0 Å². The van der Waals surface area contributed by atoms with Crippen LogP contribution in [0.4, 0.5) is 0 Å². The number of hydrogen-bond donors (Lipinski definition) is 2. The molecule has 0 saturated heterocycles. The fourth-order valence-electron chi connectivity index (χ4n) is 2.18. The third-order valence-corrected chi connectivity index (χ3v) is 5.48. The van der Waals surface area contributed by atoms with E-state index in [0.717, 1.165) is 19.8 Å². The van der Waals surface area contributed by atoms with E-state index < -0.39 is 6.10 Å². The molecule has 0 spiro atoms. The monoisotopic (exact) mass is 339 g/mol. The van der Waals surface area contributed by atoms with Crippen LogP contribution in [0.5, 0.6) is 0 Å². The molecular weight excluding hydrogens is 322 g/mol. The highest BCUT2D eigenvalue weighted by Crippen LogP contribution is 2.37. The van der Waals surface area contributed by atoms with E-state index in [2.05, 4.69) is 35.0 Å². The Labute approximate surface area is 126 Å². The fraction of sp³-hybridized carbons (Fsp3) is 0.333. The van der Waals surface area contributed by atoms with Gasteiger partial charge in [-0.1, -0.05) is 29.8 Å². The van der Waals surface area contributed by atoms with Gasteiger partial charge in [0.05, 0.1) is 9.89 Å². The summed E-state index contributed by atoms with van der Waals surface area (Å²) < 4.78 is 1.07. The van der Waals surface area contributed by atoms with Crippen molar-refractivity contribution in [3.63, 3.8) is 0 Å². The first-order valence-corrected chi connectivity index (χ1v) is 7.84. The van der Waals surface area contributed by atoms with Crippen molar-refractivity contribution < 1.29 is 5.11 Å². The molecule has 19 heavy (non-hydrogen) atoms. The van der Waals surface area contributed by atoms with Crippen molar-refractivity contribution in [3.8, 4) is 0 Å². The van der Waals surface area contributed by atoms with Gasteiger partial charge < -0.3 is 10.8 Å². The van der Waals surface area contributed by atoms with Crippen LogP contribution in [0.2, 0.25) is 0 Å². The Hall–Kier alpha value is -0.680. The molecule has 0 amide bonds. The van der Waals surface area contributed by atoms with Crippen molar-refractivity contribution >= 4 is 27.3 Å². The SMILES string of the molecule is Cc1cccc(C(CN)C(O)c2cc(C)c(Br)s2)c1. The van der Waals surface area contributed by atoms with Crippen LogP contribution < -0.4 is 5.73 Å². The van der Waals surface area contributed by atoms with Crippen LogP contribution >= 0.6 is 27.3 Å². The predicted molar refractivity (Wildman–Crippen MR) is 84.7 cm³/mol. The average molecular weight is 340 g/mol. The topological polar surface area (TPSA) is 46.2 Å². The van der Waals surface area contributed by atoms with E-state index in [4.69, 9.17) is 5.73 Å². The van der Waals surface area contributed by atoms with Crippen molar-refractivity contribution in [1.29, 1.82) is 0 Å². The lowest BCUT2D eigenvalue weighted by atomic mass is 9.91. The van der Waals surface area contributed by atoms with E-state index in [1.807, 2.05) is 25.1 Å². The van der Waals surface area contributed by atoms with Gasteiger partial charge in [0.1, 0.15) is 0 Å². The Morgan fingerprint density at radius 3 is 2.58 bits per heavy atom. The van der Waals surface area contributed by atoms with Crippen LogP contribution in [0.3, 0.4) is 0 Å². The molecule has 0 aliphatic heterocycles. The zero-order valence-electron chi connectivity index (χ0n) is 11.1. The standard InChI is InChI=1S/C15H18BrNOS/c1-9-4-3-5-11(6-9)12(8-17)14(18)13-7-10(2)15(16)19-13/h3-7,12,14,18H,8,17H2,1-2H3. The van der Waals surface area contributed by atoms with Crippen molar-refractivity contribution in [3.05, 3.63) is 55.7 Å². The smallest absolute Gasteiger partial charge is 0.0962 e. The molecule has 2 aromatic rings. The Morgan fingerprint density at radius 1 is 1.32 bits per heavy atom. The highest BCUT2D eigenvalue weighted by atomic mass is 79.9. The maximum Gasteiger partial charge on any atom is 0.0962 e. The number of aryl methyl sites for hydroxylation is 2. The highest BCUT2D eigenvalue weighted by Gasteiger charge is 2.23. The molecule has 0 bridgehead atoms. The minimum atomic E-state index is -0.554. The van der Waals surface area contributed by atoms with Crippen molar-refractivity contribution in [1.82, 2.24) is 0 Å². The lowest BCUT2D eigenvalue weighted by Crippen LogP contribution is -2.19. The van der Waals surface area contributed by atoms with E-state index >= 15 is 0 Å². The largest absolute Gasteiger partial charge is 0.387 e. The van der Waals surface area contributed by atoms with Gasteiger partial charge in [0.25, 0.3) is 0 Å². The third-order valence-electron chi connectivity index (χ3n) is 3.27. The van der Waals surface area contributed by atoms with Crippen LogP contribution in [-0.2, 0) is 0 Å². The molecular formula is C15H18BrNOS. The summed E-state index contributed by atoms with van der Waals surface area (Å²) in [4.78, 5) is 0.960. The summed E-state index contributed by atoms with van der Waals surface area (Å²) in [7, 11) is 0. The predicted octanol–water partition coefficient (Wildman–Crippen LogP) is 3.90. The number of benzene rings is 1. The summed E-state index contributed by atoms with van der Waals surface area (Å²) in [6, 6.07) is 10.2. The van der Waals surface area contributed by atoms with Gasteiger partial charge in [-0.15, -0.1) is 11.3 Å². The van der Waals surface area contributed by atoms with Gasteiger partial charge in [0.15, 0.2) is 0 Å². The van der Waals surface area contributed by atoms with Crippen LogP contribution in [0.15, 0.2) is 34.1 Å². The molecule has 1 aromatic heterocycles. The molecule has 2 unspecified atom stereocenters. The average Bonchev–Trinajstić information content (AvgIpc) is 2.70. The normalized spacial score (nSPS) is 14.4. The van der Waals surface area contributed by atoms with Crippen LogP contribution in [0.1, 0.15) is 33.6 Å². The fourth-order valence-corrected chi connectivity index (χ4v) is 3.80. The summed E-state index contributed by atoms with van der Waals surface area (Å²) in [6.07, 6.45) is -0.554. The number of halogens is 1. The molecule has 1 heterocycles. The lowest BCUT2D eigenvalue weighted by molar-refractivity contribution is 0.151. The zero-order valence-corrected chi connectivity index (χ0v) is 13.5. The van der Waals surface area contributed by atoms with E-state index in [9.17, 15) is 5.11 Å². The van der Waals surface area contributed by atoms with Gasteiger partial charge >= 0.3 is 0 Å². The molecule has 0 fully saturated rings. The van der Waals surface area contributed by atoms with Gasteiger partial charge in [0.2, 0.25) is 0 Å². The van der Waals surface area contributed by atoms with E-state index in [0.29, 0.717) is 6.54 Å². The van der Waals surface area contributed by atoms with Crippen LogP contribution in [0.25, 0.3) is 0 Å². The minimum Gasteiger partial charge on any atom is -0.387 e. The quantitative estimate of drug-likeness (QED) is 0.887. The maximum absolute atomic E-state index is 10.6. The molecule has 4 heteroatoms. The van der Waals surface area contributed by atoms with Crippen molar-refractivity contribution in [2.24, 2.45) is 5.73 Å². The summed E-state index contributed by atoms with van der Waals surface area (Å²) in [5.41, 5.74) is 9.30. The van der Waals surface area contributed by atoms with Crippen LogP contribution in [0, 0.1) is 13.8 Å². The Kier molecular flexibility index (Phi) is 4.79. The molecule has 2 nitrogen and oxygen atoms in total.